The first-order valence-corrected chi connectivity index (χ1v) is 11.7. The minimum absolute atomic E-state index is 0.302. The van der Waals surface area contributed by atoms with E-state index in [-0.39, 0.29) is 0 Å². The van der Waals surface area contributed by atoms with Crippen molar-refractivity contribution in [3.63, 3.8) is 0 Å². The average molecular weight is 451 g/mol. The standard InChI is InChI=1S/C23H23ClN6S/c1-3-17-18(16-7-5-15(2)6-8-16)19-20(27-22(24)28-21(19)31-17)29-11-13-30(14-12-29)23-25-9-4-10-26-23/h4-10H,3,11-14H2,1-2H3. The molecule has 0 spiro atoms. The van der Waals surface area contributed by atoms with E-state index in [0.717, 1.165) is 54.6 Å². The molecule has 8 heteroatoms. The van der Waals surface area contributed by atoms with Gasteiger partial charge in [-0.2, -0.15) is 4.98 Å². The van der Waals surface area contributed by atoms with Gasteiger partial charge in [0.2, 0.25) is 11.2 Å². The zero-order chi connectivity index (χ0) is 21.4. The van der Waals surface area contributed by atoms with Crippen molar-refractivity contribution in [3.8, 4) is 11.1 Å². The van der Waals surface area contributed by atoms with Crippen molar-refractivity contribution < 1.29 is 0 Å². The van der Waals surface area contributed by atoms with Gasteiger partial charge in [0.1, 0.15) is 10.6 Å². The Morgan fingerprint density at radius 1 is 0.968 bits per heavy atom. The molecule has 0 aliphatic carbocycles. The molecule has 0 bridgehead atoms. The number of aryl methyl sites for hydroxylation is 2. The predicted octanol–water partition coefficient (Wildman–Crippen LogP) is 5.00. The second-order valence-electron chi connectivity index (χ2n) is 7.64. The maximum atomic E-state index is 6.37. The SMILES string of the molecule is CCc1sc2nc(Cl)nc(N3CCN(c4ncccn4)CC3)c2c1-c1ccc(C)cc1. The van der Waals surface area contributed by atoms with Crippen molar-refractivity contribution in [3.05, 3.63) is 58.4 Å². The highest BCUT2D eigenvalue weighted by Gasteiger charge is 2.26. The lowest BCUT2D eigenvalue weighted by Gasteiger charge is -2.35. The van der Waals surface area contributed by atoms with Gasteiger partial charge in [-0.15, -0.1) is 11.3 Å². The van der Waals surface area contributed by atoms with Crippen molar-refractivity contribution in [1.82, 2.24) is 19.9 Å². The van der Waals surface area contributed by atoms with Gasteiger partial charge in [-0.1, -0.05) is 36.8 Å². The summed E-state index contributed by atoms with van der Waals surface area (Å²) >= 11 is 8.09. The summed E-state index contributed by atoms with van der Waals surface area (Å²) in [6.07, 6.45) is 4.52. The van der Waals surface area contributed by atoms with E-state index in [1.165, 1.54) is 21.6 Å². The van der Waals surface area contributed by atoms with Crippen LogP contribution in [0.15, 0.2) is 42.7 Å². The highest BCUT2D eigenvalue weighted by Crippen LogP contribution is 2.43. The molecule has 0 radical (unpaired) electrons. The number of piperazine rings is 1. The number of hydrogen-bond acceptors (Lipinski definition) is 7. The van der Waals surface area contributed by atoms with Crippen molar-refractivity contribution in [2.45, 2.75) is 20.3 Å². The first-order chi connectivity index (χ1) is 15.1. The number of anilines is 2. The molecular formula is C23H23ClN6S. The minimum atomic E-state index is 0.302. The van der Waals surface area contributed by atoms with Gasteiger partial charge < -0.3 is 9.80 Å². The number of aromatic nitrogens is 4. The Hall–Kier alpha value is -2.77. The van der Waals surface area contributed by atoms with Gasteiger partial charge >= 0.3 is 0 Å². The lowest BCUT2D eigenvalue weighted by atomic mass is 10.0. The lowest BCUT2D eigenvalue weighted by Crippen LogP contribution is -2.47. The Kier molecular flexibility index (Phi) is 5.46. The van der Waals surface area contributed by atoms with Crippen LogP contribution in [0.4, 0.5) is 11.8 Å². The van der Waals surface area contributed by atoms with Crippen LogP contribution in [-0.2, 0) is 6.42 Å². The fraction of sp³-hybridized carbons (Fsp3) is 0.304. The van der Waals surface area contributed by atoms with E-state index in [1.807, 2.05) is 6.07 Å². The van der Waals surface area contributed by atoms with E-state index in [0.29, 0.717) is 5.28 Å². The largest absolute Gasteiger partial charge is 0.352 e. The molecule has 4 aromatic rings. The van der Waals surface area contributed by atoms with Crippen LogP contribution in [-0.4, -0.2) is 46.1 Å². The van der Waals surface area contributed by atoms with Gasteiger partial charge in [0, 0.05) is 49.0 Å². The minimum Gasteiger partial charge on any atom is -0.352 e. The average Bonchev–Trinajstić information content (AvgIpc) is 3.18. The highest BCUT2D eigenvalue weighted by molar-refractivity contribution is 7.19. The van der Waals surface area contributed by atoms with Gasteiger partial charge in [0.05, 0.1) is 5.39 Å². The topological polar surface area (TPSA) is 58.0 Å². The Labute approximate surface area is 190 Å². The summed E-state index contributed by atoms with van der Waals surface area (Å²) in [5, 5.41) is 1.41. The fourth-order valence-corrected chi connectivity index (χ4v) is 5.42. The smallest absolute Gasteiger partial charge is 0.225 e. The first-order valence-electron chi connectivity index (χ1n) is 10.5. The molecule has 1 fully saturated rings. The molecule has 0 amide bonds. The van der Waals surface area contributed by atoms with Crippen molar-refractivity contribution in [2.75, 3.05) is 36.0 Å². The van der Waals surface area contributed by atoms with E-state index in [1.54, 1.807) is 23.7 Å². The van der Waals surface area contributed by atoms with Crippen LogP contribution < -0.4 is 9.80 Å². The Balaban J connectivity index is 1.56. The summed E-state index contributed by atoms with van der Waals surface area (Å²) in [4.78, 5) is 24.9. The Morgan fingerprint density at radius 2 is 1.65 bits per heavy atom. The molecule has 5 rings (SSSR count). The van der Waals surface area contributed by atoms with Crippen molar-refractivity contribution in [1.29, 1.82) is 0 Å². The van der Waals surface area contributed by atoms with E-state index in [9.17, 15) is 0 Å². The molecule has 158 valence electrons. The molecule has 1 aliphatic rings. The Morgan fingerprint density at radius 3 is 2.32 bits per heavy atom. The summed E-state index contributed by atoms with van der Waals surface area (Å²) in [5.41, 5.74) is 3.69. The highest BCUT2D eigenvalue weighted by atomic mass is 35.5. The molecule has 0 N–H and O–H groups in total. The van der Waals surface area contributed by atoms with Crippen LogP contribution >= 0.6 is 22.9 Å². The number of rotatable bonds is 4. The second-order valence-corrected chi connectivity index (χ2v) is 9.06. The number of fused-ring (bicyclic) bond motifs is 1. The molecule has 4 heterocycles. The fourth-order valence-electron chi connectivity index (χ4n) is 4.08. The molecule has 1 aromatic carbocycles. The van der Waals surface area contributed by atoms with Crippen molar-refractivity contribution in [2.24, 2.45) is 0 Å². The maximum Gasteiger partial charge on any atom is 0.225 e. The zero-order valence-electron chi connectivity index (χ0n) is 17.5. The number of benzene rings is 1. The van der Waals surface area contributed by atoms with Gasteiger partial charge in [-0.05, 0) is 36.6 Å². The zero-order valence-corrected chi connectivity index (χ0v) is 19.1. The maximum absolute atomic E-state index is 6.37. The van der Waals surface area contributed by atoms with Crippen LogP contribution in [0.5, 0.6) is 0 Å². The molecule has 0 saturated carbocycles. The number of hydrogen-bond donors (Lipinski definition) is 0. The third kappa shape index (κ3) is 3.83. The normalized spacial score (nSPS) is 14.4. The van der Waals surface area contributed by atoms with Gasteiger partial charge in [-0.3, -0.25) is 0 Å². The van der Waals surface area contributed by atoms with Crippen LogP contribution in [0.1, 0.15) is 17.4 Å². The third-order valence-electron chi connectivity index (χ3n) is 5.65. The van der Waals surface area contributed by atoms with E-state index in [2.05, 4.69) is 62.9 Å². The summed E-state index contributed by atoms with van der Waals surface area (Å²) in [6.45, 7) is 7.61. The molecule has 3 aromatic heterocycles. The summed E-state index contributed by atoms with van der Waals surface area (Å²) in [7, 11) is 0. The van der Waals surface area contributed by atoms with Crippen molar-refractivity contribution >= 4 is 44.9 Å². The third-order valence-corrected chi connectivity index (χ3v) is 7.05. The second kappa shape index (κ2) is 8.40. The molecular weight excluding hydrogens is 428 g/mol. The van der Waals surface area contributed by atoms with Crippen LogP contribution in [0.3, 0.4) is 0 Å². The Bertz CT molecular complexity index is 1200. The van der Waals surface area contributed by atoms with Crippen LogP contribution in [0.2, 0.25) is 5.28 Å². The van der Waals surface area contributed by atoms with Gasteiger partial charge in [0.15, 0.2) is 0 Å². The van der Waals surface area contributed by atoms with Gasteiger partial charge in [0.25, 0.3) is 0 Å². The predicted molar refractivity (Wildman–Crippen MR) is 128 cm³/mol. The molecule has 6 nitrogen and oxygen atoms in total. The summed E-state index contributed by atoms with van der Waals surface area (Å²) in [6, 6.07) is 10.5. The molecule has 1 aliphatic heterocycles. The van der Waals surface area contributed by atoms with E-state index in [4.69, 9.17) is 16.6 Å². The van der Waals surface area contributed by atoms with Crippen LogP contribution in [0, 0.1) is 6.92 Å². The molecule has 0 atom stereocenters. The quantitative estimate of drug-likeness (QED) is 0.408. The van der Waals surface area contributed by atoms with E-state index >= 15 is 0 Å². The number of nitrogens with zero attached hydrogens (tertiary/aromatic N) is 6. The molecule has 1 saturated heterocycles. The lowest BCUT2D eigenvalue weighted by molar-refractivity contribution is 0.636. The summed E-state index contributed by atoms with van der Waals surface area (Å²) in [5.74, 6) is 1.70. The number of halogens is 1. The summed E-state index contributed by atoms with van der Waals surface area (Å²) < 4.78 is 0. The van der Waals surface area contributed by atoms with Gasteiger partial charge in [-0.25, -0.2) is 15.0 Å². The monoisotopic (exact) mass is 450 g/mol. The first kappa shape index (κ1) is 20.2. The molecule has 31 heavy (non-hydrogen) atoms. The molecule has 0 unspecified atom stereocenters. The number of thiophene rings is 1. The van der Waals surface area contributed by atoms with Crippen LogP contribution in [0.25, 0.3) is 21.3 Å². The van der Waals surface area contributed by atoms with E-state index < -0.39 is 0 Å².